The molecule has 0 bridgehead atoms. The minimum atomic E-state index is -0.712. The summed E-state index contributed by atoms with van der Waals surface area (Å²) in [4.78, 5) is 22.4. The molecule has 1 unspecified atom stereocenters. The maximum atomic E-state index is 11.6. The first-order valence-corrected chi connectivity index (χ1v) is 5.67. The third-order valence-electron chi connectivity index (χ3n) is 2.13. The fraction of sp³-hybridized carbons (Fsp3) is 0.333. The third-order valence-corrected chi connectivity index (χ3v) is 2.38. The van der Waals surface area contributed by atoms with Crippen LogP contribution in [0.2, 0.25) is 5.02 Å². The van der Waals surface area contributed by atoms with Gasteiger partial charge in [-0.1, -0.05) is 11.6 Å². The molecule has 0 aromatic heterocycles. The Labute approximate surface area is 110 Å². The highest BCUT2D eigenvalue weighted by molar-refractivity contribution is 6.30. The Hall–Kier alpha value is -1.75. The van der Waals surface area contributed by atoms with Gasteiger partial charge in [0.1, 0.15) is 12.3 Å². The highest BCUT2D eigenvalue weighted by atomic mass is 35.5. The van der Waals surface area contributed by atoms with Gasteiger partial charge in [0.05, 0.1) is 7.11 Å². The van der Waals surface area contributed by atoms with Crippen molar-refractivity contribution in [2.24, 2.45) is 0 Å². The van der Waals surface area contributed by atoms with Crippen molar-refractivity contribution in [3.8, 4) is 5.75 Å². The number of methoxy groups -OCH3 is 1. The SMILES string of the molecule is COC(=O)CNC(=O)C(C)Oc1ccc(Cl)cc1. The van der Waals surface area contributed by atoms with Crippen molar-refractivity contribution in [2.45, 2.75) is 13.0 Å². The van der Waals surface area contributed by atoms with Gasteiger partial charge in [-0.15, -0.1) is 0 Å². The van der Waals surface area contributed by atoms with Crippen molar-refractivity contribution in [3.05, 3.63) is 29.3 Å². The maximum Gasteiger partial charge on any atom is 0.325 e. The standard InChI is InChI=1S/C12H14ClNO4/c1-8(12(16)14-7-11(15)17-2)18-10-5-3-9(13)4-6-10/h3-6,8H,7H2,1-2H3,(H,14,16). The van der Waals surface area contributed by atoms with Crippen molar-refractivity contribution >= 4 is 23.5 Å². The summed E-state index contributed by atoms with van der Waals surface area (Å²) >= 11 is 5.73. The molecule has 6 heteroatoms. The molecule has 0 fully saturated rings. The Bertz CT molecular complexity index is 419. The predicted octanol–water partition coefficient (Wildman–Crippen LogP) is 1.40. The lowest BCUT2D eigenvalue weighted by atomic mass is 10.3. The van der Waals surface area contributed by atoms with Crippen molar-refractivity contribution < 1.29 is 19.1 Å². The fourth-order valence-electron chi connectivity index (χ4n) is 1.15. The summed E-state index contributed by atoms with van der Waals surface area (Å²) in [5, 5.41) is 2.99. The molecule has 0 radical (unpaired) electrons. The summed E-state index contributed by atoms with van der Waals surface area (Å²) in [6.07, 6.45) is -0.712. The van der Waals surface area contributed by atoms with E-state index in [1.54, 1.807) is 31.2 Å². The summed E-state index contributed by atoms with van der Waals surface area (Å²) in [5.41, 5.74) is 0. The quantitative estimate of drug-likeness (QED) is 0.822. The normalized spacial score (nSPS) is 11.5. The van der Waals surface area contributed by atoms with E-state index in [9.17, 15) is 9.59 Å². The molecule has 0 saturated carbocycles. The second-order valence-corrected chi connectivity index (χ2v) is 3.94. The lowest BCUT2D eigenvalue weighted by Crippen LogP contribution is -2.39. The van der Waals surface area contributed by atoms with E-state index in [1.165, 1.54) is 7.11 Å². The summed E-state index contributed by atoms with van der Waals surface area (Å²) in [5.74, 6) is -0.377. The zero-order valence-corrected chi connectivity index (χ0v) is 10.9. The zero-order chi connectivity index (χ0) is 13.5. The first-order chi connectivity index (χ1) is 8.52. The van der Waals surface area contributed by atoms with E-state index >= 15 is 0 Å². The molecule has 0 saturated heterocycles. The summed E-state index contributed by atoms with van der Waals surface area (Å²) in [6.45, 7) is 1.41. The first-order valence-electron chi connectivity index (χ1n) is 5.29. The highest BCUT2D eigenvalue weighted by Crippen LogP contribution is 2.16. The van der Waals surface area contributed by atoms with Gasteiger partial charge in [0, 0.05) is 5.02 Å². The predicted molar refractivity (Wildman–Crippen MR) is 66.6 cm³/mol. The molecule has 0 heterocycles. The van der Waals surface area contributed by atoms with Crippen LogP contribution in [0.15, 0.2) is 24.3 Å². The van der Waals surface area contributed by atoms with Crippen molar-refractivity contribution in [2.75, 3.05) is 13.7 Å². The summed E-state index contributed by atoms with van der Waals surface area (Å²) in [7, 11) is 1.25. The van der Waals surface area contributed by atoms with Gasteiger partial charge >= 0.3 is 5.97 Å². The number of hydrogen-bond acceptors (Lipinski definition) is 4. The molecule has 1 aromatic carbocycles. The van der Waals surface area contributed by atoms with Crippen LogP contribution < -0.4 is 10.1 Å². The molecule has 1 atom stereocenters. The van der Waals surface area contributed by atoms with Gasteiger partial charge in [0.15, 0.2) is 6.10 Å². The number of carbonyl (C=O) groups excluding carboxylic acids is 2. The average molecular weight is 272 g/mol. The van der Waals surface area contributed by atoms with Crippen LogP contribution in [0.1, 0.15) is 6.92 Å². The molecule has 0 aliphatic rings. The fourth-order valence-corrected chi connectivity index (χ4v) is 1.27. The van der Waals surface area contributed by atoms with Gasteiger partial charge in [0.25, 0.3) is 5.91 Å². The molecule has 98 valence electrons. The van der Waals surface area contributed by atoms with E-state index < -0.39 is 18.0 Å². The largest absolute Gasteiger partial charge is 0.481 e. The lowest BCUT2D eigenvalue weighted by Gasteiger charge is -2.14. The number of ether oxygens (including phenoxy) is 2. The van der Waals surface area contributed by atoms with E-state index in [1.807, 2.05) is 0 Å². The van der Waals surface area contributed by atoms with E-state index in [0.29, 0.717) is 10.8 Å². The number of nitrogens with one attached hydrogen (secondary N) is 1. The third kappa shape index (κ3) is 4.63. The highest BCUT2D eigenvalue weighted by Gasteiger charge is 2.15. The van der Waals surface area contributed by atoms with Gasteiger partial charge in [0.2, 0.25) is 0 Å². The van der Waals surface area contributed by atoms with Crippen molar-refractivity contribution in [1.29, 1.82) is 0 Å². The second kappa shape index (κ2) is 6.86. The van der Waals surface area contributed by atoms with Crippen LogP contribution in [-0.2, 0) is 14.3 Å². The van der Waals surface area contributed by atoms with Crippen LogP contribution in [0.5, 0.6) is 5.75 Å². The van der Waals surface area contributed by atoms with Crippen LogP contribution in [0.25, 0.3) is 0 Å². The van der Waals surface area contributed by atoms with Crippen molar-refractivity contribution in [3.63, 3.8) is 0 Å². The monoisotopic (exact) mass is 271 g/mol. The number of carbonyl (C=O) groups is 2. The van der Waals surface area contributed by atoms with E-state index in [-0.39, 0.29) is 6.54 Å². The Morgan fingerprint density at radius 3 is 2.50 bits per heavy atom. The van der Waals surface area contributed by atoms with E-state index in [2.05, 4.69) is 10.1 Å². The number of amides is 1. The summed E-state index contributed by atoms with van der Waals surface area (Å²) < 4.78 is 9.78. The maximum absolute atomic E-state index is 11.6. The zero-order valence-electron chi connectivity index (χ0n) is 10.1. The topological polar surface area (TPSA) is 64.6 Å². The molecule has 0 aliphatic heterocycles. The van der Waals surface area contributed by atoms with Crippen LogP contribution in [-0.4, -0.2) is 31.6 Å². The lowest BCUT2D eigenvalue weighted by molar-refractivity contribution is -0.141. The van der Waals surface area contributed by atoms with Crippen LogP contribution in [0.3, 0.4) is 0 Å². The minimum Gasteiger partial charge on any atom is -0.481 e. The molecule has 0 spiro atoms. The molecular formula is C12H14ClNO4. The number of benzene rings is 1. The second-order valence-electron chi connectivity index (χ2n) is 3.51. The molecular weight excluding hydrogens is 258 g/mol. The Morgan fingerprint density at radius 1 is 1.33 bits per heavy atom. The number of hydrogen-bond donors (Lipinski definition) is 1. The van der Waals surface area contributed by atoms with Gasteiger partial charge < -0.3 is 14.8 Å². The average Bonchev–Trinajstić information content (AvgIpc) is 2.38. The number of esters is 1. The van der Waals surface area contributed by atoms with Crippen LogP contribution >= 0.6 is 11.6 Å². The van der Waals surface area contributed by atoms with Gasteiger partial charge in [-0.05, 0) is 31.2 Å². The molecule has 1 amide bonds. The summed E-state index contributed by atoms with van der Waals surface area (Å²) in [6, 6.07) is 6.64. The molecule has 1 rings (SSSR count). The number of rotatable bonds is 5. The van der Waals surface area contributed by atoms with Gasteiger partial charge in [-0.3, -0.25) is 9.59 Å². The van der Waals surface area contributed by atoms with E-state index in [0.717, 1.165) is 0 Å². The Balaban J connectivity index is 2.44. The molecule has 0 aliphatic carbocycles. The van der Waals surface area contributed by atoms with Gasteiger partial charge in [-0.25, -0.2) is 0 Å². The molecule has 1 aromatic rings. The first kappa shape index (κ1) is 14.3. The smallest absolute Gasteiger partial charge is 0.325 e. The molecule has 1 N–H and O–H groups in total. The van der Waals surface area contributed by atoms with Crippen molar-refractivity contribution in [1.82, 2.24) is 5.32 Å². The molecule has 5 nitrogen and oxygen atoms in total. The van der Waals surface area contributed by atoms with Crippen LogP contribution in [0.4, 0.5) is 0 Å². The Morgan fingerprint density at radius 2 is 1.94 bits per heavy atom. The van der Waals surface area contributed by atoms with Gasteiger partial charge in [-0.2, -0.15) is 0 Å². The number of halogens is 1. The molecule has 18 heavy (non-hydrogen) atoms. The van der Waals surface area contributed by atoms with E-state index in [4.69, 9.17) is 16.3 Å². The minimum absolute atomic E-state index is 0.177. The Kier molecular flexibility index (Phi) is 5.45. The van der Waals surface area contributed by atoms with Crippen LogP contribution in [0, 0.1) is 0 Å².